The topological polar surface area (TPSA) is 67.8 Å². The van der Waals surface area contributed by atoms with Gasteiger partial charge in [-0.05, 0) is 29.8 Å². The Kier molecular flexibility index (Phi) is 9.00. The highest BCUT2D eigenvalue weighted by Gasteiger charge is 2.01. The first-order valence-electron chi connectivity index (χ1n) is 8.87. The Morgan fingerprint density at radius 2 is 2.04 bits per heavy atom. The maximum absolute atomic E-state index is 5.74. The van der Waals surface area contributed by atoms with Gasteiger partial charge in [0.1, 0.15) is 5.75 Å². The normalized spacial score (nSPS) is 11.2. The number of rotatable bonds is 10. The van der Waals surface area contributed by atoms with Crippen molar-refractivity contribution in [1.29, 1.82) is 0 Å². The number of nitrogens with one attached hydrogen (secondary N) is 2. The van der Waals surface area contributed by atoms with Crippen LogP contribution in [0.1, 0.15) is 17.7 Å². The van der Waals surface area contributed by atoms with Gasteiger partial charge in [-0.2, -0.15) is 0 Å². The second kappa shape index (κ2) is 11.9. The van der Waals surface area contributed by atoms with E-state index < -0.39 is 0 Å². The molecule has 0 aliphatic carbocycles. The van der Waals surface area contributed by atoms with E-state index in [0.29, 0.717) is 19.8 Å². The molecule has 0 aliphatic heterocycles. The number of hydrogen-bond donors (Lipinski definition) is 2. The van der Waals surface area contributed by atoms with Crippen LogP contribution in [-0.4, -0.2) is 44.9 Å². The first-order chi connectivity index (χ1) is 12.8. The fourth-order valence-electron chi connectivity index (χ4n) is 2.40. The molecule has 0 bridgehead atoms. The molecule has 6 heteroatoms. The zero-order chi connectivity index (χ0) is 18.5. The number of aliphatic imine (C=N–C) groups is 1. The Bertz CT molecular complexity index is 662. The quantitative estimate of drug-likeness (QED) is 0.389. The Morgan fingerprint density at radius 3 is 2.81 bits per heavy atom. The summed E-state index contributed by atoms with van der Waals surface area (Å²) in [6.45, 7) is 2.82. The predicted molar refractivity (Wildman–Crippen MR) is 105 cm³/mol. The molecule has 1 aromatic heterocycles. The van der Waals surface area contributed by atoms with Crippen molar-refractivity contribution < 1.29 is 9.47 Å². The maximum Gasteiger partial charge on any atom is 0.191 e. The average molecular weight is 356 g/mol. The summed E-state index contributed by atoms with van der Waals surface area (Å²) in [5, 5.41) is 6.62. The molecule has 0 unspecified atom stereocenters. The van der Waals surface area contributed by atoms with Gasteiger partial charge < -0.3 is 20.1 Å². The molecule has 1 heterocycles. The summed E-state index contributed by atoms with van der Waals surface area (Å²) in [7, 11) is 3.47. The van der Waals surface area contributed by atoms with Crippen molar-refractivity contribution in [3.63, 3.8) is 0 Å². The predicted octanol–water partition coefficient (Wildman–Crippen LogP) is 2.40. The van der Waals surface area contributed by atoms with Crippen LogP contribution in [0, 0.1) is 0 Å². The molecule has 2 N–H and O–H groups in total. The summed E-state index contributed by atoms with van der Waals surface area (Å²) in [6, 6.07) is 14.0. The fraction of sp³-hybridized carbons (Fsp3) is 0.400. The third-order valence-electron chi connectivity index (χ3n) is 3.74. The van der Waals surface area contributed by atoms with Gasteiger partial charge in [-0.3, -0.25) is 9.98 Å². The number of benzene rings is 1. The van der Waals surface area contributed by atoms with Gasteiger partial charge in [0.15, 0.2) is 5.96 Å². The lowest BCUT2D eigenvalue weighted by Crippen LogP contribution is -2.37. The highest BCUT2D eigenvalue weighted by molar-refractivity contribution is 5.79. The first kappa shape index (κ1) is 19.7. The van der Waals surface area contributed by atoms with Crippen molar-refractivity contribution in [2.24, 2.45) is 4.99 Å². The van der Waals surface area contributed by atoms with Crippen molar-refractivity contribution in [3.05, 3.63) is 59.9 Å². The van der Waals surface area contributed by atoms with Crippen LogP contribution in [0.4, 0.5) is 0 Å². The zero-order valence-electron chi connectivity index (χ0n) is 15.6. The monoisotopic (exact) mass is 356 g/mol. The van der Waals surface area contributed by atoms with Gasteiger partial charge in [0.2, 0.25) is 0 Å². The SMILES string of the molecule is CN=C(NCCc1ccccn1)NCc1cccc(OCCCOC)c1. The summed E-state index contributed by atoms with van der Waals surface area (Å²) < 4.78 is 10.8. The van der Waals surface area contributed by atoms with Crippen LogP contribution >= 0.6 is 0 Å². The van der Waals surface area contributed by atoms with Gasteiger partial charge >= 0.3 is 0 Å². The lowest BCUT2D eigenvalue weighted by molar-refractivity contribution is 0.172. The summed E-state index contributed by atoms with van der Waals surface area (Å²) in [5.41, 5.74) is 2.20. The van der Waals surface area contributed by atoms with Crippen molar-refractivity contribution >= 4 is 5.96 Å². The van der Waals surface area contributed by atoms with E-state index in [1.165, 1.54) is 0 Å². The van der Waals surface area contributed by atoms with E-state index in [-0.39, 0.29) is 0 Å². The third kappa shape index (κ3) is 7.53. The van der Waals surface area contributed by atoms with E-state index in [0.717, 1.165) is 42.4 Å². The average Bonchev–Trinajstić information content (AvgIpc) is 2.69. The molecule has 1 aromatic carbocycles. The standard InChI is InChI=1S/C20H28N4O2/c1-21-20(23-12-10-18-8-3-4-11-22-18)24-16-17-7-5-9-19(15-17)26-14-6-13-25-2/h3-5,7-9,11,15H,6,10,12-14,16H2,1-2H3,(H2,21,23,24). The molecular formula is C20H28N4O2. The smallest absolute Gasteiger partial charge is 0.191 e. The summed E-state index contributed by atoms with van der Waals surface area (Å²) >= 11 is 0. The molecule has 2 aromatic rings. The Balaban J connectivity index is 1.73. The van der Waals surface area contributed by atoms with Crippen LogP contribution in [-0.2, 0) is 17.7 Å². The third-order valence-corrected chi connectivity index (χ3v) is 3.74. The molecule has 2 rings (SSSR count). The minimum Gasteiger partial charge on any atom is -0.493 e. The van der Waals surface area contributed by atoms with Crippen LogP contribution in [0.2, 0.25) is 0 Å². The zero-order valence-corrected chi connectivity index (χ0v) is 15.6. The van der Waals surface area contributed by atoms with Crippen LogP contribution in [0.3, 0.4) is 0 Å². The summed E-state index contributed by atoms with van der Waals surface area (Å²) in [4.78, 5) is 8.57. The highest BCUT2D eigenvalue weighted by atomic mass is 16.5. The van der Waals surface area contributed by atoms with E-state index in [2.05, 4.69) is 26.7 Å². The van der Waals surface area contributed by atoms with Crippen LogP contribution < -0.4 is 15.4 Å². The molecule has 0 spiro atoms. The molecule has 140 valence electrons. The van der Waals surface area contributed by atoms with Crippen molar-refractivity contribution in [1.82, 2.24) is 15.6 Å². The molecule has 6 nitrogen and oxygen atoms in total. The van der Waals surface area contributed by atoms with Crippen LogP contribution in [0.15, 0.2) is 53.7 Å². The molecule has 0 aliphatic rings. The minimum atomic E-state index is 0.654. The van der Waals surface area contributed by atoms with E-state index in [1.54, 1.807) is 14.2 Å². The molecule has 0 amide bonds. The lowest BCUT2D eigenvalue weighted by atomic mass is 10.2. The largest absolute Gasteiger partial charge is 0.493 e. The number of aromatic nitrogens is 1. The molecule has 0 fully saturated rings. The van der Waals surface area contributed by atoms with Crippen molar-refractivity contribution in [2.75, 3.05) is 33.9 Å². The maximum atomic E-state index is 5.74. The minimum absolute atomic E-state index is 0.654. The number of ether oxygens (including phenoxy) is 2. The Hall–Kier alpha value is -2.60. The van der Waals surface area contributed by atoms with E-state index >= 15 is 0 Å². The highest BCUT2D eigenvalue weighted by Crippen LogP contribution is 2.13. The lowest BCUT2D eigenvalue weighted by Gasteiger charge is -2.13. The molecule has 0 saturated carbocycles. The van der Waals surface area contributed by atoms with Gasteiger partial charge in [0.05, 0.1) is 6.61 Å². The van der Waals surface area contributed by atoms with Crippen molar-refractivity contribution in [3.8, 4) is 5.75 Å². The Labute approximate surface area is 155 Å². The summed E-state index contributed by atoms with van der Waals surface area (Å²) in [6.07, 6.45) is 3.55. The second-order valence-corrected chi connectivity index (χ2v) is 5.77. The number of methoxy groups -OCH3 is 1. The molecular weight excluding hydrogens is 328 g/mol. The molecule has 0 saturated heterocycles. The van der Waals surface area contributed by atoms with Gasteiger partial charge in [-0.25, -0.2) is 0 Å². The second-order valence-electron chi connectivity index (χ2n) is 5.77. The Morgan fingerprint density at radius 1 is 1.12 bits per heavy atom. The van der Waals surface area contributed by atoms with E-state index in [1.807, 2.05) is 42.6 Å². The molecule has 0 atom stereocenters. The van der Waals surface area contributed by atoms with E-state index in [9.17, 15) is 0 Å². The van der Waals surface area contributed by atoms with Gasteiger partial charge in [-0.1, -0.05) is 18.2 Å². The fourth-order valence-corrected chi connectivity index (χ4v) is 2.40. The molecule has 26 heavy (non-hydrogen) atoms. The number of nitrogens with zero attached hydrogens (tertiary/aromatic N) is 2. The molecule has 0 radical (unpaired) electrons. The van der Waals surface area contributed by atoms with Gasteiger partial charge in [0.25, 0.3) is 0 Å². The van der Waals surface area contributed by atoms with Crippen LogP contribution in [0.25, 0.3) is 0 Å². The first-order valence-corrected chi connectivity index (χ1v) is 8.87. The van der Waals surface area contributed by atoms with Gasteiger partial charge in [-0.15, -0.1) is 0 Å². The van der Waals surface area contributed by atoms with Gasteiger partial charge in [0, 0.05) is 58.6 Å². The number of guanidine groups is 1. The van der Waals surface area contributed by atoms with Crippen molar-refractivity contribution in [2.45, 2.75) is 19.4 Å². The number of hydrogen-bond acceptors (Lipinski definition) is 4. The summed E-state index contributed by atoms with van der Waals surface area (Å²) in [5.74, 6) is 1.64. The van der Waals surface area contributed by atoms with Crippen LogP contribution in [0.5, 0.6) is 5.75 Å². The number of pyridine rings is 1. The van der Waals surface area contributed by atoms with E-state index in [4.69, 9.17) is 9.47 Å².